The molecule has 0 aromatic heterocycles. The zero-order valence-corrected chi connectivity index (χ0v) is 25.2. The Morgan fingerprint density at radius 3 is 2.24 bits per heavy atom. The SMILES string of the molecule is CCCNC(=O)C(CC)N(Cc1ccccc1Cl)C(=O)CN(c1cc(OC)ccc1OC)S(=O)(=O)c1ccccc1. The monoisotopic (exact) mass is 601 g/mol. The van der Waals surface area contributed by atoms with Gasteiger partial charge in [-0.05, 0) is 48.7 Å². The molecule has 0 aliphatic heterocycles. The number of carbonyl (C=O) groups excluding carboxylic acids is 2. The number of nitrogens with zero attached hydrogens (tertiary/aromatic N) is 2. The van der Waals surface area contributed by atoms with Crippen molar-refractivity contribution in [3.63, 3.8) is 0 Å². The van der Waals surface area contributed by atoms with Gasteiger partial charge in [0.25, 0.3) is 10.0 Å². The van der Waals surface area contributed by atoms with E-state index in [1.54, 1.807) is 61.5 Å². The minimum Gasteiger partial charge on any atom is -0.497 e. The number of carbonyl (C=O) groups is 2. The van der Waals surface area contributed by atoms with Crippen LogP contribution in [0, 0.1) is 0 Å². The number of methoxy groups -OCH3 is 2. The molecule has 0 spiro atoms. The summed E-state index contributed by atoms with van der Waals surface area (Å²) in [5.74, 6) is -0.317. The van der Waals surface area contributed by atoms with Crippen LogP contribution < -0.4 is 19.1 Å². The van der Waals surface area contributed by atoms with Gasteiger partial charge in [0.2, 0.25) is 11.8 Å². The van der Waals surface area contributed by atoms with Crippen molar-refractivity contribution in [2.24, 2.45) is 0 Å². The number of halogens is 1. The third-order valence-electron chi connectivity index (χ3n) is 6.50. The molecule has 0 aliphatic carbocycles. The summed E-state index contributed by atoms with van der Waals surface area (Å²) in [6, 6.07) is 18.7. The van der Waals surface area contributed by atoms with Crippen LogP contribution in [0.2, 0.25) is 5.02 Å². The van der Waals surface area contributed by atoms with Gasteiger partial charge in [0.05, 0.1) is 24.8 Å². The first kappa shape index (κ1) is 31.8. The molecule has 41 heavy (non-hydrogen) atoms. The zero-order valence-electron chi connectivity index (χ0n) is 23.7. The van der Waals surface area contributed by atoms with Gasteiger partial charge in [-0.25, -0.2) is 8.42 Å². The molecule has 3 rings (SSSR count). The summed E-state index contributed by atoms with van der Waals surface area (Å²) in [5.41, 5.74) is 0.742. The summed E-state index contributed by atoms with van der Waals surface area (Å²) in [4.78, 5) is 28.8. The van der Waals surface area contributed by atoms with Crippen molar-refractivity contribution in [1.29, 1.82) is 0 Å². The highest BCUT2D eigenvalue weighted by Crippen LogP contribution is 2.36. The fourth-order valence-electron chi connectivity index (χ4n) is 4.32. The summed E-state index contributed by atoms with van der Waals surface area (Å²) >= 11 is 6.44. The van der Waals surface area contributed by atoms with Crippen LogP contribution in [0.3, 0.4) is 0 Å². The lowest BCUT2D eigenvalue weighted by molar-refractivity contribution is -0.140. The highest BCUT2D eigenvalue weighted by atomic mass is 35.5. The van der Waals surface area contributed by atoms with E-state index < -0.39 is 28.5 Å². The average molecular weight is 602 g/mol. The number of hydrogen-bond donors (Lipinski definition) is 1. The van der Waals surface area contributed by atoms with Gasteiger partial charge in [-0.2, -0.15) is 0 Å². The van der Waals surface area contributed by atoms with E-state index in [1.807, 2.05) is 6.92 Å². The Morgan fingerprint density at radius 2 is 1.63 bits per heavy atom. The molecule has 220 valence electrons. The van der Waals surface area contributed by atoms with Gasteiger partial charge in [-0.3, -0.25) is 13.9 Å². The van der Waals surface area contributed by atoms with Gasteiger partial charge in [-0.1, -0.05) is 61.8 Å². The minimum atomic E-state index is -4.26. The summed E-state index contributed by atoms with van der Waals surface area (Å²) < 4.78 is 39.9. The fraction of sp³-hybridized carbons (Fsp3) is 0.333. The molecule has 0 saturated heterocycles. The summed E-state index contributed by atoms with van der Waals surface area (Å²) in [6.45, 7) is 3.57. The van der Waals surface area contributed by atoms with Gasteiger partial charge in [0.15, 0.2) is 0 Å². The average Bonchev–Trinajstić information content (AvgIpc) is 2.99. The molecule has 2 amide bonds. The van der Waals surface area contributed by atoms with Crippen molar-refractivity contribution in [3.8, 4) is 11.5 Å². The van der Waals surface area contributed by atoms with Crippen LogP contribution >= 0.6 is 11.6 Å². The Hall–Kier alpha value is -3.76. The topological polar surface area (TPSA) is 105 Å². The smallest absolute Gasteiger partial charge is 0.264 e. The normalized spacial score (nSPS) is 11.8. The molecular weight excluding hydrogens is 566 g/mol. The maximum absolute atomic E-state index is 14.2. The van der Waals surface area contributed by atoms with Crippen molar-refractivity contribution in [2.75, 3.05) is 31.6 Å². The van der Waals surface area contributed by atoms with Crippen LogP contribution in [-0.2, 0) is 26.2 Å². The Labute approximate surface area is 247 Å². The molecule has 1 N–H and O–H groups in total. The Morgan fingerprint density at radius 1 is 0.951 bits per heavy atom. The van der Waals surface area contributed by atoms with E-state index in [-0.39, 0.29) is 28.8 Å². The first-order valence-electron chi connectivity index (χ1n) is 13.3. The van der Waals surface area contributed by atoms with E-state index in [4.69, 9.17) is 21.1 Å². The summed E-state index contributed by atoms with van der Waals surface area (Å²) in [5, 5.41) is 3.29. The number of hydrogen-bond acceptors (Lipinski definition) is 6. The molecule has 3 aromatic carbocycles. The molecule has 0 fully saturated rings. The van der Waals surface area contributed by atoms with Crippen LogP contribution in [0.1, 0.15) is 32.3 Å². The van der Waals surface area contributed by atoms with E-state index in [9.17, 15) is 18.0 Å². The van der Waals surface area contributed by atoms with E-state index in [0.717, 1.165) is 10.7 Å². The molecule has 11 heteroatoms. The van der Waals surface area contributed by atoms with Crippen LogP contribution in [0.25, 0.3) is 0 Å². The third-order valence-corrected chi connectivity index (χ3v) is 8.64. The Kier molecular flexibility index (Phi) is 11.4. The highest BCUT2D eigenvalue weighted by molar-refractivity contribution is 7.92. The molecular formula is C30H36ClN3O6S. The Bertz CT molecular complexity index is 1440. The first-order chi connectivity index (χ1) is 19.7. The summed E-state index contributed by atoms with van der Waals surface area (Å²) in [7, 11) is -1.40. The van der Waals surface area contributed by atoms with Gasteiger partial charge < -0.3 is 19.7 Å². The fourth-order valence-corrected chi connectivity index (χ4v) is 5.95. The highest BCUT2D eigenvalue weighted by Gasteiger charge is 2.35. The predicted octanol–water partition coefficient (Wildman–Crippen LogP) is 4.89. The quantitative estimate of drug-likeness (QED) is 0.282. The molecule has 1 atom stereocenters. The lowest BCUT2D eigenvalue weighted by Gasteiger charge is -2.33. The molecule has 0 bridgehead atoms. The van der Waals surface area contributed by atoms with Crippen molar-refractivity contribution in [1.82, 2.24) is 10.2 Å². The van der Waals surface area contributed by atoms with Crippen molar-refractivity contribution in [2.45, 2.75) is 44.2 Å². The van der Waals surface area contributed by atoms with Gasteiger partial charge in [0.1, 0.15) is 24.1 Å². The summed E-state index contributed by atoms with van der Waals surface area (Å²) in [6.07, 6.45) is 1.03. The number of benzene rings is 3. The number of sulfonamides is 1. The second-order valence-electron chi connectivity index (χ2n) is 9.19. The van der Waals surface area contributed by atoms with Gasteiger partial charge >= 0.3 is 0 Å². The van der Waals surface area contributed by atoms with Crippen molar-refractivity contribution in [3.05, 3.63) is 83.4 Å². The lowest BCUT2D eigenvalue weighted by atomic mass is 10.1. The zero-order chi connectivity index (χ0) is 30.0. The maximum atomic E-state index is 14.2. The third kappa shape index (κ3) is 7.71. The maximum Gasteiger partial charge on any atom is 0.264 e. The molecule has 0 aliphatic rings. The second kappa shape index (κ2) is 14.7. The molecule has 0 saturated carbocycles. The van der Waals surface area contributed by atoms with Gasteiger partial charge in [-0.15, -0.1) is 0 Å². The van der Waals surface area contributed by atoms with E-state index in [2.05, 4.69) is 5.32 Å². The Balaban J connectivity index is 2.14. The standard InChI is InChI=1S/C30H36ClN3O6S/c1-5-18-32-30(36)26(6-2)33(20-22-12-10-11-15-25(22)31)29(35)21-34(41(37,38)24-13-8-7-9-14-24)27-19-23(39-3)16-17-28(27)40-4/h7-17,19,26H,5-6,18,20-21H2,1-4H3,(H,32,36). The number of ether oxygens (including phenoxy) is 2. The lowest BCUT2D eigenvalue weighted by Crippen LogP contribution is -2.52. The van der Waals surface area contributed by atoms with Crippen molar-refractivity contribution >= 4 is 39.1 Å². The number of nitrogens with one attached hydrogen (secondary N) is 1. The van der Waals surface area contributed by atoms with Crippen LogP contribution in [0.15, 0.2) is 77.7 Å². The second-order valence-corrected chi connectivity index (χ2v) is 11.5. The number of anilines is 1. The number of rotatable bonds is 14. The minimum absolute atomic E-state index is 0.00499. The van der Waals surface area contributed by atoms with Crippen LogP contribution in [0.4, 0.5) is 5.69 Å². The van der Waals surface area contributed by atoms with Gasteiger partial charge in [0, 0.05) is 24.2 Å². The predicted molar refractivity (Wildman–Crippen MR) is 160 cm³/mol. The van der Waals surface area contributed by atoms with E-state index >= 15 is 0 Å². The molecule has 3 aromatic rings. The van der Waals surface area contributed by atoms with Crippen LogP contribution in [0.5, 0.6) is 11.5 Å². The van der Waals surface area contributed by atoms with E-state index in [0.29, 0.717) is 29.3 Å². The van der Waals surface area contributed by atoms with Crippen molar-refractivity contribution < 1.29 is 27.5 Å². The van der Waals surface area contributed by atoms with Crippen LogP contribution in [-0.4, -0.2) is 58.5 Å². The largest absolute Gasteiger partial charge is 0.497 e. The van der Waals surface area contributed by atoms with E-state index in [1.165, 1.54) is 37.3 Å². The number of amides is 2. The first-order valence-corrected chi connectivity index (χ1v) is 15.1. The molecule has 1 unspecified atom stereocenters. The molecule has 0 radical (unpaired) electrons. The molecule has 9 nitrogen and oxygen atoms in total. The molecule has 0 heterocycles.